The first kappa shape index (κ1) is 17.5. The number of amides is 1. The third-order valence-corrected chi connectivity index (χ3v) is 7.30. The smallest absolute Gasteiger partial charge is 0.223 e. The zero-order chi connectivity index (χ0) is 17.4. The highest BCUT2D eigenvalue weighted by atomic mass is 79.9. The molecule has 1 heterocycles. The van der Waals surface area contributed by atoms with Gasteiger partial charge in [-0.3, -0.25) is 4.79 Å². The average molecular weight is 407 g/mol. The van der Waals surface area contributed by atoms with Crippen molar-refractivity contribution in [2.75, 3.05) is 20.2 Å². The van der Waals surface area contributed by atoms with Gasteiger partial charge in [0, 0.05) is 55.0 Å². The third-order valence-electron chi connectivity index (χ3n) is 6.53. The predicted molar refractivity (Wildman–Crippen MR) is 101 cm³/mol. The quantitative estimate of drug-likeness (QED) is 0.787. The lowest BCUT2D eigenvalue weighted by atomic mass is 9.46. The van der Waals surface area contributed by atoms with E-state index < -0.39 is 0 Å². The van der Waals surface area contributed by atoms with Gasteiger partial charge in [-0.05, 0) is 30.9 Å². The summed E-state index contributed by atoms with van der Waals surface area (Å²) in [5.41, 5.74) is 1.54. The number of carbonyl (C=O) groups excluding carboxylic acids is 1. The van der Waals surface area contributed by atoms with Crippen molar-refractivity contribution in [3.8, 4) is 0 Å². The van der Waals surface area contributed by atoms with Crippen LogP contribution in [0.15, 0.2) is 28.7 Å². The van der Waals surface area contributed by atoms with Crippen LogP contribution in [-0.2, 0) is 16.1 Å². The van der Waals surface area contributed by atoms with Crippen molar-refractivity contribution in [3.05, 3.63) is 34.3 Å². The number of nitrogens with one attached hydrogen (secondary N) is 1. The van der Waals surface area contributed by atoms with E-state index in [0.717, 1.165) is 23.2 Å². The van der Waals surface area contributed by atoms with E-state index in [1.807, 2.05) is 30.1 Å². The van der Waals surface area contributed by atoms with Gasteiger partial charge in [-0.2, -0.15) is 0 Å². The second-order valence-electron chi connectivity index (χ2n) is 7.85. The Hall–Kier alpha value is -0.910. The van der Waals surface area contributed by atoms with Gasteiger partial charge in [0.15, 0.2) is 0 Å². The molecule has 1 amide bonds. The molecule has 0 bridgehead atoms. The summed E-state index contributed by atoms with van der Waals surface area (Å²) in [5, 5.41) is 3.71. The SMILES string of the molecule is CN(Cc1ccccc1Br)C(=O)CCNC1C2CCOC2C12CCC2. The number of halogens is 1. The number of nitrogens with zero attached hydrogens (tertiary/aromatic N) is 1. The van der Waals surface area contributed by atoms with Gasteiger partial charge in [0.05, 0.1) is 6.10 Å². The second kappa shape index (κ2) is 7.01. The first-order valence-corrected chi connectivity index (χ1v) is 10.2. The van der Waals surface area contributed by atoms with Crippen molar-refractivity contribution in [2.24, 2.45) is 11.3 Å². The summed E-state index contributed by atoms with van der Waals surface area (Å²) in [6, 6.07) is 8.64. The first-order chi connectivity index (χ1) is 12.1. The molecular weight excluding hydrogens is 380 g/mol. The van der Waals surface area contributed by atoms with Crippen LogP contribution in [0.1, 0.15) is 37.7 Å². The Morgan fingerprint density at radius 3 is 2.92 bits per heavy atom. The number of ether oxygens (including phenoxy) is 1. The molecule has 1 saturated heterocycles. The van der Waals surface area contributed by atoms with Gasteiger partial charge < -0.3 is 15.0 Å². The minimum absolute atomic E-state index is 0.199. The van der Waals surface area contributed by atoms with E-state index in [1.165, 1.54) is 25.7 Å². The Morgan fingerprint density at radius 2 is 2.20 bits per heavy atom. The molecule has 0 aromatic heterocycles. The average Bonchev–Trinajstić information content (AvgIpc) is 2.97. The Kier molecular flexibility index (Phi) is 4.91. The number of carbonyl (C=O) groups is 1. The van der Waals surface area contributed by atoms with Crippen molar-refractivity contribution >= 4 is 21.8 Å². The highest BCUT2D eigenvalue weighted by molar-refractivity contribution is 9.10. The molecule has 3 aliphatic rings. The van der Waals surface area contributed by atoms with Crippen molar-refractivity contribution in [1.82, 2.24) is 10.2 Å². The molecule has 2 aliphatic carbocycles. The minimum atomic E-state index is 0.199. The summed E-state index contributed by atoms with van der Waals surface area (Å²) in [4.78, 5) is 14.3. The molecule has 4 nitrogen and oxygen atoms in total. The van der Waals surface area contributed by atoms with Gasteiger partial charge >= 0.3 is 0 Å². The number of hydrogen-bond acceptors (Lipinski definition) is 3. The van der Waals surface area contributed by atoms with Gasteiger partial charge in [-0.15, -0.1) is 0 Å². The van der Waals surface area contributed by atoms with Gasteiger partial charge in [-0.25, -0.2) is 0 Å². The van der Waals surface area contributed by atoms with Crippen LogP contribution >= 0.6 is 15.9 Å². The minimum Gasteiger partial charge on any atom is -0.377 e. The molecule has 25 heavy (non-hydrogen) atoms. The Bertz CT molecular complexity index is 646. The molecule has 3 fully saturated rings. The van der Waals surface area contributed by atoms with E-state index in [-0.39, 0.29) is 5.91 Å². The normalized spacial score (nSPS) is 29.0. The molecule has 0 radical (unpaired) electrons. The molecule has 1 aromatic carbocycles. The zero-order valence-corrected chi connectivity index (χ0v) is 16.4. The molecule has 1 spiro atoms. The van der Waals surface area contributed by atoms with E-state index >= 15 is 0 Å². The maximum atomic E-state index is 12.5. The number of hydrogen-bond donors (Lipinski definition) is 1. The van der Waals surface area contributed by atoms with Crippen molar-refractivity contribution in [3.63, 3.8) is 0 Å². The monoisotopic (exact) mass is 406 g/mol. The summed E-state index contributed by atoms with van der Waals surface area (Å²) in [7, 11) is 1.89. The van der Waals surface area contributed by atoms with Crippen molar-refractivity contribution in [1.29, 1.82) is 0 Å². The predicted octanol–water partition coefficient (Wildman–Crippen LogP) is 3.34. The molecule has 5 heteroatoms. The number of rotatable bonds is 6. The highest BCUT2D eigenvalue weighted by Crippen LogP contribution is 2.62. The lowest BCUT2D eigenvalue weighted by Gasteiger charge is -2.63. The lowest BCUT2D eigenvalue weighted by Crippen LogP contribution is -2.71. The molecular formula is C20H27BrN2O2. The standard InChI is InChI=1S/C20H27BrN2O2/c1-23(13-14-5-2-3-6-16(14)21)17(24)7-11-22-18-15-8-12-25-19(15)20(18)9-4-10-20/h2-3,5-6,15,18-19,22H,4,7-13H2,1H3. The van der Waals surface area contributed by atoms with E-state index in [2.05, 4.69) is 27.3 Å². The summed E-state index contributed by atoms with van der Waals surface area (Å²) in [6.07, 6.45) is 6.15. The molecule has 1 aromatic rings. The largest absolute Gasteiger partial charge is 0.377 e. The Labute approximate surface area is 158 Å². The molecule has 136 valence electrons. The maximum absolute atomic E-state index is 12.5. The lowest BCUT2D eigenvalue weighted by molar-refractivity contribution is -0.176. The molecule has 3 unspecified atom stereocenters. The fourth-order valence-corrected chi connectivity index (χ4v) is 5.47. The van der Waals surface area contributed by atoms with Crippen molar-refractivity contribution < 1.29 is 9.53 Å². The van der Waals surface area contributed by atoms with E-state index in [9.17, 15) is 4.79 Å². The fraction of sp³-hybridized carbons (Fsp3) is 0.650. The zero-order valence-electron chi connectivity index (χ0n) is 14.8. The Morgan fingerprint density at radius 1 is 1.40 bits per heavy atom. The fourth-order valence-electron chi connectivity index (χ4n) is 5.06. The maximum Gasteiger partial charge on any atom is 0.223 e. The third kappa shape index (κ3) is 3.04. The van der Waals surface area contributed by atoms with Crippen LogP contribution < -0.4 is 5.32 Å². The Balaban J connectivity index is 1.26. The first-order valence-electron chi connectivity index (χ1n) is 9.44. The topological polar surface area (TPSA) is 41.6 Å². The van der Waals surface area contributed by atoms with Crippen LogP contribution in [0.2, 0.25) is 0 Å². The van der Waals surface area contributed by atoms with Gasteiger partial charge in [0.25, 0.3) is 0 Å². The summed E-state index contributed by atoms with van der Waals surface area (Å²) < 4.78 is 7.02. The van der Waals surface area contributed by atoms with Gasteiger partial charge in [0.1, 0.15) is 0 Å². The van der Waals surface area contributed by atoms with Gasteiger partial charge in [0.2, 0.25) is 5.91 Å². The number of benzene rings is 1. The van der Waals surface area contributed by atoms with E-state index in [4.69, 9.17) is 4.74 Å². The highest BCUT2D eigenvalue weighted by Gasteiger charge is 2.66. The molecule has 1 N–H and O–H groups in total. The summed E-state index contributed by atoms with van der Waals surface area (Å²) in [5.74, 6) is 0.873. The van der Waals surface area contributed by atoms with Crippen LogP contribution in [0, 0.1) is 11.3 Å². The molecule has 1 aliphatic heterocycles. The number of fused-ring (bicyclic) bond motifs is 2. The van der Waals surface area contributed by atoms with Crippen LogP contribution in [0.4, 0.5) is 0 Å². The van der Waals surface area contributed by atoms with E-state index in [0.29, 0.717) is 36.4 Å². The second-order valence-corrected chi connectivity index (χ2v) is 8.71. The van der Waals surface area contributed by atoms with Gasteiger partial charge in [-0.1, -0.05) is 40.5 Å². The van der Waals surface area contributed by atoms with Crippen molar-refractivity contribution in [2.45, 2.75) is 50.8 Å². The van der Waals surface area contributed by atoms with Crippen LogP contribution in [-0.4, -0.2) is 43.2 Å². The summed E-state index contributed by atoms with van der Waals surface area (Å²) in [6.45, 7) is 2.34. The van der Waals surface area contributed by atoms with Crippen LogP contribution in [0.25, 0.3) is 0 Å². The molecule has 2 saturated carbocycles. The van der Waals surface area contributed by atoms with Crippen LogP contribution in [0.5, 0.6) is 0 Å². The van der Waals surface area contributed by atoms with E-state index in [1.54, 1.807) is 0 Å². The molecule has 3 atom stereocenters. The summed E-state index contributed by atoms with van der Waals surface area (Å²) >= 11 is 3.55. The van der Waals surface area contributed by atoms with Crippen LogP contribution in [0.3, 0.4) is 0 Å². The molecule has 4 rings (SSSR count).